The molecule has 0 unspecified atom stereocenters. The zero-order chi connectivity index (χ0) is 26.7. The van der Waals surface area contributed by atoms with Gasteiger partial charge in [-0.3, -0.25) is 4.79 Å². The Kier molecular flexibility index (Phi) is 7.52. The molecule has 0 spiro atoms. The van der Waals surface area contributed by atoms with Gasteiger partial charge in [-0.15, -0.1) is 0 Å². The molecule has 3 N–H and O–H groups in total. The van der Waals surface area contributed by atoms with Crippen molar-refractivity contribution >= 4 is 29.3 Å². The van der Waals surface area contributed by atoms with E-state index in [0.717, 1.165) is 11.1 Å². The van der Waals surface area contributed by atoms with Crippen LogP contribution in [-0.2, 0) is 4.79 Å². The lowest BCUT2D eigenvalue weighted by molar-refractivity contribution is -0.119. The number of carboxylic acids is 1. The lowest BCUT2D eigenvalue weighted by Crippen LogP contribution is -2.45. The third-order valence-corrected chi connectivity index (χ3v) is 6.46. The first kappa shape index (κ1) is 25.8. The molecule has 0 bridgehead atoms. The van der Waals surface area contributed by atoms with Crippen molar-refractivity contribution in [2.24, 2.45) is 0 Å². The predicted molar refractivity (Wildman–Crippen MR) is 139 cm³/mol. The number of amides is 3. The fourth-order valence-electron chi connectivity index (χ4n) is 4.49. The summed E-state index contributed by atoms with van der Waals surface area (Å²) in [5.74, 6) is -1.73. The maximum atomic E-state index is 14.3. The van der Waals surface area contributed by atoms with Crippen LogP contribution in [0.2, 0.25) is 0 Å². The van der Waals surface area contributed by atoms with Crippen molar-refractivity contribution < 1.29 is 23.9 Å². The van der Waals surface area contributed by atoms with Crippen LogP contribution in [-0.4, -0.2) is 45.5 Å². The molecule has 0 radical (unpaired) electrons. The summed E-state index contributed by atoms with van der Waals surface area (Å²) in [6.07, 6.45) is 1.21. The number of nitrogens with zero attached hydrogens (tertiary/aromatic N) is 2. The summed E-state index contributed by atoms with van der Waals surface area (Å²) < 4.78 is 14.3. The van der Waals surface area contributed by atoms with Gasteiger partial charge in [0.1, 0.15) is 17.6 Å². The number of hydrogen-bond donors (Lipinski definition) is 3. The topological polar surface area (TPSA) is 112 Å². The Labute approximate surface area is 214 Å². The van der Waals surface area contributed by atoms with E-state index in [1.54, 1.807) is 37.3 Å². The zero-order valence-corrected chi connectivity index (χ0v) is 20.9. The highest BCUT2D eigenvalue weighted by Crippen LogP contribution is 2.26. The number of likely N-dealkylation sites (tertiary alicyclic amines) is 1. The average Bonchev–Trinajstić information content (AvgIpc) is 3.35. The van der Waals surface area contributed by atoms with Crippen LogP contribution in [0.1, 0.15) is 54.4 Å². The highest BCUT2D eigenvalue weighted by atomic mass is 19.1. The molecule has 1 saturated heterocycles. The van der Waals surface area contributed by atoms with E-state index in [1.807, 2.05) is 26.0 Å². The summed E-state index contributed by atoms with van der Waals surface area (Å²) in [4.78, 5) is 42.6. The van der Waals surface area contributed by atoms with Gasteiger partial charge < -0.3 is 20.6 Å². The molecule has 1 fully saturated rings. The first-order valence-electron chi connectivity index (χ1n) is 12.1. The molecule has 3 amide bonds. The van der Waals surface area contributed by atoms with E-state index in [0.29, 0.717) is 42.0 Å². The summed E-state index contributed by atoms with van der Waals surface area (Å²) in [5, 5.41) is 14.7. The van der Waals surface area contributed by atoms with E-state index in [4.69, 9.17) is 5.11 Å². The number of anilines is 2. The van der Waals surface area contributed by atoms with E-state index in [2.05, 4.69) is 15.6 Å². The third kappa shape index (κ3) is 5.77. The van der Waals surface area contributed by atoms with Crippen LogP contribution >= 0.6 is 0 Å². The Bertz CT molecular complexity index is 1340. The van der Waals surface area contributed by atoms with Gasteiger partial charge in [-0.25, -0.2) is 19.0 Å². The van der Waals surface area contributed by atoms with Gasteiger partial charge in [0.15, 0.2) is 0 Å². The van der Waals surface area contributed by atoms with Crippen molar-refractivity contribution in [2.75, 3.05) is 17.2 Å². The average molecular weight is 505 g/mol. The highest BCUT2D eigenvalue weighted by Gasteiger charge is 2.34. The number of carbonyl (C=O) groups excluding carboxylic acids is 2. The standard InChI is InChI=1S/C28H29FN4O4/c1-16(2)21-11-10-20(15-23(21)29)32-28(37)33-14-4-5-25(33)26(34)31-19-8-6-18(7-9-19)22-12-13-24(27(35)36)30-17(22)3/h6-13,15-16,25H,4-5,14H2,1-3H3,(H,31,34)(H,32,37)(H,35,36)/t25-/m1/s1. The van der Waals surface area contributed by atoms with Crippen molar-refractivity contribution in [3.8, 4) is 11.1 Å². The van der Waals surface area contributed by atoms with Gasteiger partial charge >= 0.3 is 12.0 Å². The molecule has 37 heavy (non-hydrogen) atoms. The van der Waals surface area contributed by atoms with E-state index in [-0.39, 0.29) is 23.3 Å². The molecule has 1 aliphatic rings. The maximum absolute atomic E-state index is 14.3. The smallest absolute Gasteiger partial charge is 0.354 e. The van der Waals surface area contributed by atoms with Gasteiger partial charge in [-0.2, -0.15) is 0 Å². The summed E-state index contributed by atoms with van der Waals surface area (Å²) >= 11 is 0. The summed E-state index contributed by atoms with van der Waals surface area (Å²) in [7, 11) is 0. The Hall–Kier alpha value is -4.27. The minimum Gasteiger partial charge on any atom is -0.477 e. The number of carboxylic acid groups (broad SMARTS) is 1. The summed E-state index contributed by atoms with van der Waals surface area (Å²) in [5.41, 5.74) is 3.67. The minimum atomic E-state index is -1.08. The minimum absolute atomic E-state index is 0.0204. The molecular formula is C28H29FN4O4. The maximum Gasteiger partial charge on any atom is 0.354 e. The molecule has 2 aromatic carbocycles. The lowest BCUT2D eigenvalue weighted by Gasteiger charge is -2.24. The van der Waals surface area contributed by atoms with Crippen LogP contribution in [0.15, 0.2) is 54.6 Å². The molecule has 1 atom stereocenters. The van der Waals surface area contributed by atoms with Crippen LogP contribution < -0.4 is 10.6 Å². The van der Waals surface area contributed by atoms with Crippen LogP contribution in [0.25, 0.3) is 11.1 Å². The number of aromatic carboxylic acids is 1. The van der Waals surface area contributed by atoms with Gasteiger partial charge in [0.25, 0.3) is 0 Å². The fourth-order valence-corrected chi connectivity index (χ4v) is 4.49. The van der Waals surface area contributed by atoms with E-state index in [1.165, 1.54) is 17.0 Å². The van der Waals surface area contributed by atoms with Gasteiger partial charge in [-0.1, -0.05) is 38.1 Å². The number of rotatable bonds is 6. The summed E-state index contributed by atoms with van der Waals surface area (Å²) in [6, 6.07) is 13.8. The second-order valence-electron chi connectivity index (χ2n) is 9.37. The third-order valence-electron chi connectivity index (χ3n) is 6.46. The molecule has 0 aliphatic carbocycles. The molecule has 2 heterocycles. The Morgan fingerprint density at radius 3 is 2.35 bits per heavy atom. The van der Waals surface area contributed by atoms with Crippen molar-refractivity contribution in [1.82, 2.24) is 9.88 Å². The second kappa shape index (κ2) is 10.8. The molecular weight excluding hydrogens is 475 g/mol. The molecule has 3 aromatic rings. The van der Waals surface area contributed by atoms with Gasteiger partial charge in [-0.05, 0) is 67.1 Å². The van der Waals surface area contributed by atoms with Gasteiger partial charge in [0, 0.05) is 29.2 Å². The van der Waals surface area contributed by atoms with E-state index < -0.39 is 18.0 Å². The molecule has 1 aliphatic heterocycles. The number of nitrogens with one attached hydrogen (secondary N) is 2. The first-order valence-corrected chi connectivity index (χ1v) is 12.1. The molecule has 8 nitrogen and oxygen atoms in total. The number of benzene rings is 2. The Morgan fingerprint density at radius 2 is 1.73 bits per heavy atom. The molecule has 4 rings (SSSR count). The quantitative estimate of drug-likeness (QED) is 0.402. The number of halogens is 1. The van der Waals surface area contributed by atoms with Crippen LogP contribution in [0.3, 0.4) is 0 Å². The number of aromatic nitrogens is 1. The van der Waals surface area contributed by atoms with Crippen molar-refractivity contribution in [2.45, 2.75) is 45.6 Å². The van der Waals surface area contributed by atoms with Crippen molar-refractivity contribution in [3.63, 3.8) is 0 Å². The van der Waals surface area contributed by atoms with E-state index in [9.17, 15) is 18.8 Å². The van der Waals surface area contributed by atoms with Crippen LogP contribution in [0.5, 0.6) is 0 Å². The normalized spacial score (nSPS) is 15.1. The number of hydrogen-bond acceptors (Lipinski definition) is 4. The number of urea groups is 1. The number of aryl methyl sites for hydroxylation is 1. The van der Waals surface area contributed by atoms with Crippen molar-refractivity contribution in [1.29, 1.82) is 0 Å². The zero-order valence-electron chi connectivity index (χ0n) is 20.9. The van der Waals surface area contributed by atoms with Gasteiger partial charge in [0.2, 0.25) is 5.91 Å². The predicted octanol–water partition coefficient (Wildman–Crippen LogP) is 5.65. The number of carbonyl (C=O) groups is 3. The largest absolute Gasteiger partial charge is 0.477 e. The SMILES string of the molecule is Cc1nc(C(=O)O)ccc1-c1ccc(NC(=O)[C@H]2CCCN2C(=O)Nc2ccc(C(C)C)c(F)c2)cc1. The fraction of sp³-hybridized carbons (Fsp3) is 0.286. The monoisotopic (exact) mass is 504 g/mol. The molecule has 1 aromatic heterocycles. The second-order valence-corrected chi connectivity index (χ2v) is 9.37. The van der Waals surface area contributed by atoms with Crippen molar-refractivity contribution in [3.05, 3.63) is 77.4 Å². The Balaban J connectivity index is 1.41. The highest BCUT2D eigenvalue weighted by molar-refractivity contribution is 5.99. The van der Waals surface area contributed by atoms with Crippen LogP contribution in [0.4, 0.5) is 20.6 Å². The Morgan fingerprint density at radius 1 is 1.03 bits per heavy atom. The molecule has 0 saturated carbocycles. The first-order chi connectivity index (χ1) is 17.6. The van der Waals surface area contributed by atoms with Crippen LogP contribution in [0, 0.1) is 12.7 Å². The molecule has 9 heteroatoms. The van der Waals surface area contributed by atoms with Gasteiger partial charge in [0.05, 0.1) is 0 Å². The van der Waals surface area contributed by atoms with E-state index >= 15 is 0 Å². The summed E-state index contributed by atoms with van der Waals surface area (Å²) in [6.45, 7) is 5.96. The lowest BCUT2D eigenvalue weighted by atomic mass is 10.0. The number of pyridine rings is 1. The molecule has 192 valence electrons.